The number of hydrogen-bond donors (Lipinski definition) is 1. The lowest BCUT2D eigenvalue weighted by atomic mass is 9.81. The molecule has 0 aliphatic heterocycles. The molecule has 4 heteroatoms. The Bertz CT molecular complexity index is 552. The molecule has 0 bridgehead atoms. The summed E-state index contributed by atoms with van der Waals surface area (Å²) >= 11 is 0. The SMILES string of the molecule is CC1CCC(CCn2c(N)nc3cccnc32)CC1. The number of anilines is 1. The van der Waals surface area contributed by atoms with Gasteiger partial charge in [0.15, 0.2) is 5.65 Å². The normalized spacial score (nSPS) is 23.8. The quantitative estimate of drug-likeness (QED) is 0.919. The molecule has 0 unspecified atom stereocenters. The molecule has 1 aliphatic carbocycles. The summed E-state index contributed by atoms with van der Waals surface area (Å²) in [7, 11) is 0. The van der Waals surface area contributed by atoms with Crippen LogP contribution in [0.25, 0.3) is 11.2 Å². The van der Waals surface area contributed by atoms with Gasteiger partial charge in [-0.05, 0) is 30.4 Å². The predicted octanol–water partition coefficient (Wildman–Crippen LogP) is 3.23. The fraction of sp³-hybridized carbons (Fsp3) is 0.600. The van der Waals surface area contributed by atoms with Crippen molar-refractivity contribution in [1.82, 2.24) is 14.5 Å². The Labute approximate surface area is 114 Å². The number of pyridine rings is 1. The Kier molecular flexibility index (Phi) is 3.40. The third kappa shape index (κ3) is 2.57. The van der Waals surface area contributed by atoms with Crippen molar-refractivity contribution in [3.63, 3.8) is 0 Å². The highest BCUT2D eigenvalue weighted by atomic mass is 15.2. The largest absolute Gasteiger partial charge is 0.369 e. The lowest BCUT2D eigenvalue weighted by Crippen LogP contribution is -2.15. The molecule has 1 fully saturated rings. The molecule has 0 atom stereocenters. The minimum absolute atomic E-state index is 0.595. The van der Waals surface area contributed by atoms with Crippen LogP contribution in [0, 0.1) is 11.8 Å². The number of aryl methyl sites for hydroxylation is 1. The number of aromatic nitrogens is 3. The molecule has 0 radical (unpaired) electrons. The molecule has 2 aromatic rings. The summed E-state index contributed by atoms with van der Waals surface area (Å²) in [6, 6.07) is 3.87. The third-order valence-electron chi connectivity index (χ3n) is 4.43. The van der Waals surface area contributed by atoms with E-state index in [4.69, 9.17) is 5.73 Å². The van der Waals surface area contributed by atoms with Gasteiger partial charge in [-0.25, -0.2) is 9.97 Å². The van der Waals surface area contributed by atoms with Gasteiger partial charge in [-0.3, -0.25) is 4.57 Å². The maximum atomic E-state index is 6.00. The summed E-state index contributed by atoms with van der Waals surface area (Å²) in [5, 5.41) is 0. The van der Waals surface area contributed by atoms with E-state index in [0.717, 1.165) is 29.5 Å². The average molecular weight is 258 g/mol. The highest BCUT2D eigenvalue weighted by molar-refractivity contribution is 5.73. The van der Waals surface area contributed by atoms with Crippen LogP contribution in [-0.2, 0) is 6.54 Å². The van der Waals surface area contributed by atoms with Gasteiger partial charge in [0.2, 0.25) is 5.95 Å². The summed E-state index contributed by atoms with van der Waals surface area (Å²) in [4.78, 5) is 8.77. The van der Waals surface area contributed by atoms with Gasteiger partial charge >= 0.3 is 0 Å². The molecule has 0 aromatic carbocycles. The zero-order valence-corrected chi connectivity index (χ0v) is 11.5. The molecular weight excluding hydrogens is 236 g/mol. The number of nitrogen functional groups attached to an aromatic ring is 1. The zero-order chi connectivity index (χ0) is 13.2. The first-order chi connectivity index (χ1) is 9.24. The molecule has 3 rings (SSSR count). The van der Waals surface area contributed by atoms with Gasteiger partial charge in [0, 0.05) is 12.7 Å². The van der Waals surface area contributed by atoms with E-state index < -0.39 is 0 Å². The molecule has 2 aromatic heterocycles. The highest BCUT2D eigenvalue weighted by Crippen LogP contribution is 2.31. The molecule has 1 saturated carbocycles. The maximum absolute atomic E-state index is 6.00. The molecule has 2 N–H and O–H groups in total. The Morgan fingerprint density at radius 1 is 1.32 bits per heavy atom. The minimum atomic E-state index is 0.595. The Balaban J connectivity index is 1.70. The summed E-state index contributed by atoms with van der Waals surface area (Å²) < 4.78 is 2.06. The van der Waals surface area contributed by atoms with Crippen molar-refractivity contribution < 1.29 is 0 Å². The van der Waals surface area contributed by atoms with Gasteiger partial charge in [-0.15, -0.1) is 0 Å². The minimum Gasteiger partial charge on any atom is -0.369 e. The van der Waals surface area contributed by atoms with Gasteiger partial charge in [-0.2, -0.15) is 0 Å². The third-order valence-corrected chi connectivity index (χ3v) is 4.43. The molecule has 0 spiro atoms. The highest BCUT2D eigenvalue weighted by Gasteiger charge is 2.19. The van der Waals surface area contributed by atoms with Crippen molar-refractivity contribution in [2.75, 3.05) is 5.73 Å². The molecule has 4 nitrogen and oxygen atoms in total. The van der Waals surface area contributed by atoms with Crippen LogP contribution in [0.5, 0.6) is 0 Å². The second-order valence-corrected chi connectivity index (χ2v) is 5.88. The fourth-order valence-corrected chi connectivity index (χ4v) is 3.13. The topological polar surface area (TPSA) is 56.7 Å². The standard InChI is InChI=1S/C15H22N4/c1-11-4-6-12(7-5-11)8-10-19-14-13(18-15(19)16)3-2-9-17-14/h2-3,9,11-12H,4-8,10H2,1H3,(H2,16,18). The number of rotatable bonds is 3. The molecule has 0 amide bonds. The van der Waals surface area contributed by atoms with E-state index in [9.17, 15) is 0 Å². The van der Waals surface area contributed by atoms with E-state index in [2.05, 4.69) is 21.5 Å². The molecule has 1 aliphatic rings. The maximum Gasteiger partial charge on any atom is 0.202 e. The van der Waals surface area contributed by atoms with E-state index in [-0.39, 0.29) is 0 Å². The predicted molar refractivity (Wildman–Crippen MR) is 77.7 cm³/mol. The molecular formula is C15H22N4. The zero-order valence-electron chi connectivity index (χ0n) is 11.5. The first kappa shape index (κ1) is 12.5. The number of nitrogens with two attached hydrogens (primary N) is 1. The number of nitrogens with zero attached hydrogens (tertiary/aromatic N) is 3. The van der Waals surface area contributed by atoms with Crippen molar-refractivity contribution in [1.29, 1.82) is 0 Å². The Hall–Kier alpha value is -1.58. The van der Waals surface area contributed by atoms with Crippen LogP contribution in [0.1, 0.15) is 39.0 Å². The van der Waals surface area contributed by atoms with Gasteiger partial charge < -0.3 is 5.73 Å². The van der Waals surface area contributed by atoms with E-state index in [1.54, 1.807) is 0 Å². The Morgan fingerprint density at radius 3 is 2.89 bits per heavy atom. The monoisotopic (exact) mass is 258 g/mol. The summed E-state index contributed by atoms with van der Waals surface area (Å²) in [6.45, 7) is 3.31. The van der Waals surface area contributed by atoms with Crippen molar-refractivity contribution in [3.8, 4) is 0 Å². The molecule has 2 heterocycles. The van der Waals surface area contributed by atoms with Crippen molar-refractivity contribution in [2.24, 2.45) is 11.8 Å². The fourth-order valence-electron chi connectivity index (χ4n) is 3.13. The van der Waals surface area contributed by atoms with Crippen molar-refractivity contribution >= 4 is 17.1 Å². The van der Waals surface area contributed by atoms with Gasteiger partial charge in [-0.1, -0.05) is 32.6 Å². The molecule has 0 saturated heterocycles. The van der Waals surface area contributed by atoms with E-state index in [1.807, 2.05) is 18.3 Å². The number of hydrogen-bond acceptors (Lipinski definition) is 3. The summed E-state index contributed by atoms with van der Waals surface area (Å²) in [5.74, 6) is 2.35. The van der Waals surface area contributed by atoms with E-state index in [1.165, 1.54) is 32.1 Å². The number of imidazole rings is 1. The lowest BCUT2D eigenvalue weighted by molar-refractivity contribution is 0.270. The second-order valence-electron chi connectivity index (χ2n) is 5.88. The van der Waals surface area contributed by atoms with Crippen LogP contribution in [-0.4, -0.2) is 14.5 Å². The van der Waals surface area contributed by atoms with Gasteiger partial charge in [0.05, 0.1) is 0 Å². The van der Waals surface area contributed by atoms with Crippen LogP contribution in [0.2, 0.25) is 0 Å². The molecule has 19 heavy (non-hydrogen) atoms. The van der Waals surface area contributed by atoms with Crippen LogP contribution >= 0.6 is 0 Å². The summed E-state index contributed by atoms with van der Waals surface area (Å²) in [5.41, 5.74) is 7.82. The number of fused-ring (bicyclic) bond motifs is 1. The van der Waals surface area contributed by atoms with Crippen LogP contribution in [0.15, 0.2) is 18.3 Å². The van der Waals surface area contributed by atoms with E-state index >= 15 is 0 Å². The van der Waals surface area contributed by atoms with Crippen molar-refractivity contribution in [2.45, 2.75) is 45.6 Å². The second kappa shape index (κ2) is 5.19. The lowest BCUT2D eigenvalue weighted by Gasteiger charge is -2.26. The van der Waals surface area contributed by atoms with E-state index in [0.29, 0.717) is 5.95 Å². The first-order valence-electron chi connectivity index (χ1n) is 7.31. The van der Waals surface area contributed by atoms with Crippen LogP contribution in [0.3, 0.4) is 0 Å². The first-order valence-corrected chi connectivity index (χ1v) is 7.31. The average Bonchev–Trinajstić information content (AvgIpc) is 2.74. The Morgan fingerprint density at radius 2 is 2.11 bits per heavy atom. The summed E-state index contributed by atoms with van der Waals surface area (Å²) in [6.07, 6.45) is 8.48. The van der Waals surface area contributed by atoms with Gasteiger partial charge in [0.1, 0.15) is 5.52 Å². The van der Waals surface area contributed by atoms with Crippen LogP contribution < -0.4 is 5.73 Å². The molecule has 102 valence electrons. The van der Waals surface area contributed by atoms with Crippen LogP contribution in [0.4, 0.5) is 5.95 Å². The van der Waals surface area contributed by atoms with Gasteiger partial charge in [0.25, 0.3) is 0 Å². The smallest absolute Gasteiger partial charge is 0.202 e. The van der Waals surface area contributed by atoms with Crippen molar-refractivity contribution in [3.05, 3.63) is 18.3 Å².